The molecule has 2 aliphatic carbocycles. The van der Waals surface area contributed by atoms with E-state index < -0.39 is 13.5 Å². The van der Waals surface area contributed by atoms with E-state index in [-0.39, 0.29) is 5.41 Å². The van der Waals surface area contributed by atoms with Crippen molar-refractivity contribution in [1.29, 1.82) is 0 Å². The van der Waals surface area contributed by atoms with Crippen LogP contribution in [0.5, 0.6) is 0 Å². The lowest BCUT2D eigenvalue weighted by atomic mass is 9.67. The number of hydrogen-bond acceptors (Lipinski definition) is 1. The van der Waals surface area contributed by atoms with Crippen LogP contribution in [0, 0.1) is 13.8 Å². The van der Waals surface area contributed by atoms with Crippen molar-refractivity contribution in [2.24, 2.45) is 0 Å². The summed E-state index contributed by atoms with van der Waals surface area (Å²) in [5.41, 5.74) is 24.1. The summed E-state index contributed by atoms with van der Waals surface area (Å²) < 4.78 is 0. The maximum absolute atomic E-state index is 2.57. The van der Waals surface area contributed by atoms with Gasteiger partial charge in [0, 0.05) is 16.8 Å². The third-order valence-electron chi connectivity index (χ3n) is 15.2. The maximum Gasteiger partial charge on any atom is 0.113 e. The monoisotopic (exact) mass is 837 g/mol. The van der Waals surface area contributed by atoms with Gasteiger partial charge in [0.1, 0.15) is 8.07 Å². The van der Waals surface area contributed by atoms with Gasteiger partial charge in [0.2, 0.25) is 0 Å². The third-order valence-corrected chi connectivity index (χ3v) is 18.7. The van der Waals surface area contributed by atoms with Gasteiger partial charge >= 0.3 is 0 Å². The molecular weight excluding hydrogens is 787 g/mol. The van der Waals surface area contributed by atoms with E-state index in [9.17, 15) is 0 Å². The molecule has 0 saturated heterocycles. The fourth-order valence-corrected chi connectivity index (χ4v) is 15.4. The van der Waals surface area contributed by atoms with E-state index in [4.69, 9.17) is 0 Å². The highest BCUT2D eigenvalue weighted by Crippen LogP contribution is 2.59. The van der Waals surface area contributed by atoms with Crippen LogP contribution >= 0.6 is 0 Å². The Hall–Kier alpha value is -7.00. The van der Waals surface area contributed by atoms with Crippen molar-refractivity contribution >= 4 is 35.5 Å². The minimum atomic E-state index is -2.04. The van der Waals surface area contributed by atoms with Crippen molar-refractivity contribution < 1.29 is 0 Å². The van der Waals surface area contributed by atoms with Crippen molar-refractivity contribution in [3.63, 3.8) is 0 Å². The highest BCUT2D eigenvalue weighted by molar-refractivity contribution is 7.01. The number of rotatable bonds is 5. The summed E-state index contributed by atoms with van der Waals surface area (Å²) >= 11 is 0. The maximum atomic E-state index is 2.57. The van der Waals surface area contributed by atoms with Crippen molar-refractivity contribution in [3.05, 3.63) is 245 Å². The Morgan fingerprint density at radius 1 is 0.359 bits per heavy atom. The number of benzene rings is 9. The minimum Gasteiger partial charge on any atom is -0.310 e. The zero-order valence-corrected chi connectivity index (χ0v) is 38.5. The van der Waals surface area contributed by atoms with Gasteiger partial charge < -0.3 is 4.90 Å². The highest BCUT2D eigenvalue weighted by Gasteiger charge is 2.54. The molecule has 1 aliphatic heterocycles. The zero-order valence-electron chi connectivity index (χ0n) is 37.5. The van der Waals surface area contributed by atoms with Crippen LogP contribution in [0.4, 0.5) is 17.1 Å². The lowest BCUT2D eigenvalue weighted by Crippen LogP contribution is -2.63. The first-order valence-electron chi connectivity index (χ1n) is 22.8. The number of hydrogen-bond donors (Lipinski definition) is 0. The van der Waals surface area contributed by atoms with Crippen LogP contribution in [0.1, 0.15) is 58.4 Å². The number of anilines is 3. The van der Waals surface area contributed by atoms with Crippen LogP contribution in [0.3, 0.4) is 0 Å². The van der Waals surface area contributed by atoms with Gasteiger partial charge in [-0.15, -0.1) is 0 Å². The van der Waals surface area contributed by atoms with Crippen LogP contribution in [-0.4, -0.2) is 8.07 Å². The smallest absolute Gasteiger partial charge is 0.113 e. The minimum absolute atomic E-state index is 0.136. The van der Waals surface area contributed by atoms with Gasteiger partial charge in [-0.25, -0.2) is 0 Å². The first-order valence-corrected chi connectivity index (χ1v) is 25.8. The van der Waals surface area contributed by atoms with Gasteiger partial charge in [0.25, 0.3) is 0 Å². The Morgan fingerprint density at radius 3 is 1.38 bits per heavy atom. The van der Waals surface area contributed by atoms with Gasteiger partial charge in [0.15, 0.2) is 0 Å². The first-order chi connectivity index (χ1) is 31.1. The molecule has 1 nitrogen and oxygen atoms in total. The average molecular weight is 838 g/mol. The largest absolute Gasteiger partial charge is 0.310 e. The van der Waals surface area contributed by atoms with Crippen molar-refractivity contribution in [2.45, 2.75) is 51.6 Å². The van der Waals surface area contributed by atoms with Gasteiger partial charge in [0.05, 0.1) is 11.1 Å². The molecule has 0 saturated carbocycles. The molecule has 0 unspecified atom stereocenters. The fraction of sp³-hybridized carbons (Fsp3) is 0.129. The second kappa shape index (κ2) is 14.0. The van der Waals surface area contributed by atoms with Gasteiger partial charge in [-0.1, -0.05) is 191 Å². The molecule has 0 fully saturated rings. The van der Waals surface area contributed by atoms with Crippen molar-refractivity contribution in [2.75, 3.05) is 4.90 Å². The summed E-state index contributed by atoms with van der Waals surface area (Å²) in [4.78, 5) is 2.57. The topological polar surface area (TPSA) is 3.24 Å². The van der Waals surface area contributed by atoms with Crippen molar-refractivity contribution in [3.8, 4) is 44.5 Å². The predicted molar refractivity (Wildman–Crippen MR) is 273 cm³/mol. The van der Waals surface area contributed by atoms with E-state index in [0.717, 1.165) is 0 Å². The van der Waals surface area contributed by atoms with E-state index in [2.05, 4.69) is 246 Å². The van der Waals surface area contributed by atoms with Crippen LogP contribution in [0.2, 0.25) is 13.1 Å². The van der Waals surface area contributed by atoms with Crippen molar-refractivity contribution in [1.82, 2.24) is 0 Å². The molecule has 0 amide bonds. The SMILES string of the molecule is Cc1cc(-c2ccc(-c3ccccc3)cc2)cc(C)c1N(c1ccc2c(c1)C(C)(C)c1ccccc1-2)c1ccc2c(c1)C1(c3ccccc3-2)c2ccccc2[Si](C)(C)c2ccccc21. The highest BCUT2D eigenvalue weighted by atomic mass is 28.3. The zero-order chi connectivity index (χ0) is 43.5. The van der Waals surface area contributed by atoms with Gasteiger partial charge in [-0.3, -0.25) is 0 Å². The normalized spacial score (nSPS) is 15.1. The summed E-state index contributed by atoms with van der Waals surface area (Å²) in [5.74, 6) is 0. The third kappa shape index (κ3) is 5.36. The van der Waals surface area contributed by atoms with Crippen LogP contribution in [0.15, 0.2) is 200 Å². The van der Waals surface area contributed by atoms with E-state index >= 15 is 0 Å². The molecule has 0 N–H and O–H groups in total. The lowest BCUT2D eigenvalue weighted by Gasteiger charge is -2.46. The molecule has 0 radical (unpaired) electrons. The molecule has 1 spiro atoms. The summed E-state index contributed by atoms with van der Waals surface area (Å²) in [6.45, 7) is 14.5. The fourth-order valence-electron chi connectivity index (χ4n) is 12.2. The van der Waals surface area contributed by atoms with Crippen LogP contribution in [0.25, 0.3) is 44.5 Å². The summed E-state index contributed by atoms with van der Waals surface area (Å²) in [6.07, 6.45) is 0. The second-order valence-electron chi connectivity index (χ2n) is 19.4. The molecule has 2 heteroatoms. The molecule has 3 aliphatic rings. The van der Waals surface area contributed by atoms with Gasteiger partial charge in [-0.2, -0.15) is 0 Å². The number of nitrogens with zero attached hydrogens (tertiary/aromatic N) is 1. The average Bonchev–Trinajstić information content (AvgIpc) is 3.74. The Bertz CT molecular complexity index is 3280. The summed E-state index contributed by atoms with van der Waals surface area (Å²) in [5, 5.41) is 3.05. The molecular formula is C62H51NSi. The van der Waals surface area contributed by atoms with Crippen LogP contribution < -0.4 is 15.3 Å². The molecule has 308 valence electrons. The first kappa shape index (κ1) is 38.7. The Balaban J connectivity index is 1.09. The molecule has 0 atom stereocenters. The van der Waals surface area contributed by atoms with E-state index in [1.54, 1.807) is 0 Å². The summed E-state index contributed by atoms with van der Waals surface area (Å²) in [6, 6.07) is 76.1. The predicted octanol–water partition coefficient (Wildman–Crippen LogP) is 14.9. The number of aryl methyl sites for hydroxylation is 2. The summed E-state index contributed by atoms with van der Waals surface area (Å²) in [7, 11) is -2.04. The van der Waals surface area contributed by atoms with Gasteiger partial charge in [-0.05, 0) is 150 Å². The molecule has 9 aromatic rings. The van der Waals surface area contributed by atoms with E-state index in [1.807, 2.05) is 0 Å². The lowest BCUT2D eigenvalue weighted by molar-refractivity contribution is 0.660. The molecule has 64 heavy (non-hydrogen) atoms. The quantitative estimate of drug-likeness (QED) is 0.156. The Labute approximate surface area is 379 Å². The second-order valence-corrected chi connectivity index (χ2v) is 23.7. The van der Waals surface area contributed by atoms with Crippen LogP contribution in [-0.2, 0) is 10.8 Å². The molecule has 0 bridgehead atoms. The Kier molecular flexibility index (Phi) is 8.45. The number of fused-ring (bicyclic) bond motifs is 12. The molecule has 1 heterocycles. The van der Waals surface area contributed by atoms with E-state index in [1.165, 1.54) is 116 Å². The molecule has 9 aromatic carbocycles. The standard InChI is InChI=1S/C62H51NSi/c1-40-36-45(44-30-28-43(29-31-44)42-18-8-7-9-19-42)37-41(2)60(40)63(46-32-34-50-48-20-10-12-22-52(48)61(3,4)56(50)38-46)47-33-35-51-49-21-11-13-23-53(49)62(57(51)39-47)54-24-14-16-26-58(54)64(5,6)59-27-17-15-25-55(59)62/h7-39H,1-6H3. The molecule has 12 rings (SSSR count). The molecule has 0 aromatic heterocycles. The Morgan fingerprint density at radius 2 is 0.781 bits per heavy atom. The van der Waals surface area contributed by atoms with E-state index in [0.29, 0.717) is 0 Å².